The lowest BCUT2D eigenvalue weighted by Crippen LogP contribution is -2.47. The summed E-state index contributed by atoms with van der Waals surface area (Å²) in [6.07, 6.45) is 4.49. The van der Waals surface area contributed by atoms with Crippen molar-refractivity contribution in [3.8, 4) is 11.5 Å². The molecule has 1 spiro atoms. The highest BCUT2D eigenvalue weighted by molar-refractivity contribution is 6.43. The van der Waals surface area contributed by atoms with Crippen LogP contribution in [0.2, 0.25) is 40.2 Å². The number of nitrogens with zero attached hydrogens (tertiary/aromatic N) is 5. The molecule has 5 aliphatic heterocycles. The zero-order valence-electron chi connectivity index (χ0n) is 75.8. The molecule has 4 atom stereocenters. The summed E-state index contributed by atoms with van der Waals surface area (Å²) in [5.74, 6) is -10.0. The van der Waals surface area contributed by atoms with Crippen LogP contribution in [-0.2, 0) is 54.5 Å². The molecule has 0 unspecified atom stereocenters. The fourth-order valence-corrected chi connectivity index (χ4v) is 19.4. The van der Waals surface area contributed by atoms with Crippen molar-refractivity contribution in [1.82, 2.24) is 37.8 Å². The van der Waals surface area contributed by atoms with Gasteiger partial charge in [-0.25, -0.2) is 39.4 Å². The molecule has 0 bridgehead atoms. The molecule has 0 aromatic heterocycles. The topological polar surface area (TPSA) is 482 Å². The van der Waals surface area contributed by atoms with Crippen LogP contribution in [0.15, 0.2) is 223 Å². The minimum Gasteiger partial charge on any atom is -0.496 e. The van der Waals surface area contributed by atoms with Crippen molar-refractivity contribution in [2.45, 2.75) is 102 Å². The van der Waals surface area contributed by atoms with Gasteiger partial charge in [0, 0.05) is 44.1 Å². The molecule has 42 heteroatoms. The van der Waals surface area contributed by atoms with Crippen LogP contribution in [0.5, 0.6) is 11.5 Å². The number of amidine groups is 1. The second kappa shape index (κ2) is 45.4. The summed E-state index contributed by atoms with van der Waals surface area (Å²) in [6, 6.07) is 51.6. The van der Waals surface area contributed by atoms with Gasteiger partial charge in [-0.3, -0.25) is 67.9 Å². The summed E-state index contributed by atoms with van der Waals surface area (Å²) >= 11 is 48.9. The highest BCUT2D eigenvalue weighted by Crippen LogP contribution is 2.48. The Morgan fingerprint density at radius 1 is 0.382 bits per heavy atom. The smallest absolute Gasteiger partial charge is 0.326 e. The Kier molecular flexibility index (Phi) is 33.0. The van der Waals surface area contributed by atoms with E-state index in [4.69, 9.17) is 102 Å². The summed E-state index contributed by atoms with van der Waals surface area (Å²) in [7, 11) is 1.42. The van der Waals surface area contributed by atoms with E-state index in [1.165, 1.54) is 72.7 Å². The molecule has 1 aliphatic carbocycles. The van der Waals surface area contributed by atoms with Gasteiger partial charge in [-0.2, -0.15) is 0 Å². The number of hydrazone groups is 1. The number of halogens is 8. The van der Waals surface area contributed by atoms with Crippen molar-refractivity contribution in [3.05, 3.63) is 348 Å². The van der Waals surface area contributed by atoms with Gasteiger partial charge in [0.25, 0.3) is 59.1 Å². The number of imide groups is 4. The van der Waals surface area contributed by atoms with E-state index in [9.17, 15) is 97.1 Å². The lowest BCUT2D eigenvalue weighted by atomic mass is 9.76. The third-order valence-electron chi connectivity index (χ3n) is 24.1. The molecule has 17 rings (SSSR count). The van der Waals surface area contributed by atoms with E-state index in [1.54, 1.807) is 172 Å². The Balaban J connectivity index is 0.000000152. The summed E-state index contributed by atoms with van der Waals surface area (Å²) in [5, 5.41) is 53.0. The number of hydrogen-bond acceptors (Lipinski definition) is 22. The number of hydrazine groups is 2. The Morgan fingerprint density at radius 2 is 0.674 bits per heavy atom. The van der Waals surface area contributed by atoms with Gasteiger partial charge in [0.2, 0.25) is 11.8 Å². The number of carbonyl (C=O) groups excluding carboxylic acids is 12. The number of carbonyl (C=O) groups is 16. The van der Waals surface area contributed by atoms with Crippen molar-refractivity contribution in [2.24, 2.45) is 10.5 Å². The number of ether oxygens (including phenoxy) is 2. The number of amides is 12. The maximum atomic E-state index is 13.0. The molecule has 34 nitrogen and oxygen atoms in total. The van der Waals surface area contributed by atoms with E-state index in [2.05, 4.69) is 42.9 Å². The molecule has 12 amide bonds. The van der Waals surface area contributed by atoms with Crippen LogP contribution in [-0.4, -0.2) is 159 Å². The maximum absolute atomic E-state index is 13.0. The first kappa shape index (κ1) is 105. The number of aryl methyl sites for hydroxylation is 1. The van der Waals surface area contributed by atoms with Crippen molar-refractivity contribution in [1.29, 1.82) is 0 Å². The first-order chi connectivity index (χ1) is 68.8. The van der Waals surface area contributed by atoms with Gasteiger partial charge in [0.1, 0.15) is 35.7 Å². The van der Waals surface area contributed by atoms with Gasteiger partial charge in [0.15, 0.2) is 5.84 Å². The normalized spacial score (nSPS) is 14.9. The van der Waals surface area contributed by atoms with Crippen LogP contribution in [0.25, 0.3) is 0 Å². The number of carboxylic acid groups (broad SMARTS) is 4. The molecule has 5 heterocycles. The van der Waals surface area contributed by atoms with Gasteiger partial charge in [-0.1, -0.05) is 197 Å². The third kappa shape index (κ3) is 23.0. The first-order valence-corrected chi connectivity index (χ1v) is 47.0. The highest BCUT2D eigenvalue weighted by Gasteiger charge is 2.47. The van der Waals surface area contributed by atoms with E-state index in [-0.39, 0.29) is 128 Å². The molecule has 1 saturated carbocycles. The first-order valence-electron chi connectivity index (χ1n) is 44.0. The number of rotatable bonds is 28. The van der Waals surface area contributed by atoms with Crippen LogP contribution in [0.4, 0.5) is 22.7 Å². The lowest BCUT2D eigenvalue weighted by molar-refractivity contribution is -0.140. The Morgan fingerprint density at radius 3 is 0.979 bits per heavy atom. The van der Waals surface area contributed by atoms with Gasteiger partial charge in [-0.15, -0.1) is 10.6 Å². The minimum absolute atomic E-state index is 0.00553. The summed E-state index contributed by atoms with van der Waals surface area (Å²) in [4.78, 5) is 206. The van der Waals surface area contributed by atoms with Gasteiger partial charge < -0.3 is 51.2 Å². The van der Waals surface area contributed by atoms with E-state index in [0.717, 1.165) is 40.4 Å². The molecule has 11 aromatic carbocycles. The number of nitrogens with one attached hydrogen (secondary N) is 7. The van der Waals surface area contributed by atoms with Crippen molar-refractivity contribution in [2.75, 3.05) is 33.3 Å². The second-order valence-electron chi connectivity index (χ2n) is 33.4. The van der Waals surface area contributed by atoms with Crippen LogP contribution in [0.3, 0.4) is 0 Å². The van der Waals surface area contributed by atoms with Crippen molar-refractivity contribution < 1.29 is 107 Å². The number of hydrogen-bond donors (Lipinski definition) is 11. The van der Waals surface area contributed by atoms with Crippen LogP contribution in [0, 0.1) is 12.3 Å². The molecule has 0 radical (unpaired) electrons. The molecule has 144 heavy (non-hydrogen) atoms. The van der Waals surface area contributed by atoms with E-state index >= 15 is 0 Å². The summed E-state index contributed by atoms with van der Waals surface area (Å²) in [6.45, 7) is 3.89. The minimum atomic E-state index is -1.31. The lowest BCUT2D eigenvalue weighted by Gasteiger charge is -2.37. The van der Waals surface area contributed by atoms with Crippen molar-refractivity contribution in [3.63, 3.8) is 0 Å². The molecular weight excluding hydrogens is 2030 g/mol. The predicted molar refractivity (Wildman–Crippen MR) is 536 cm³/mol. The molecule has 2 fully saturated rings. The van der Waals surface area contributed by atoms with Gasteiger partial charge in [-0.05, 0) is 187 Å². The SMILES string of the molecule is CCOc1cccc2c1C(=O)N(c1ccc(C[C@H](NC(=O)c3c(Cl)cccc3Cl)C(=O)O)cc1)C2=O.COc1cccc2c1C(=O)N(c1ccc(C[C@H](NC(=O)c3c(Cl)cccc3Cl)C(=O)O)cc1)C2=O.Cc1cccc2c1C(=O)N(c1ccc(C[C@H](NC(=O)c3c(Cl)cc(C4=NNNN4)cc3Cl)C(=O)O)cc1)C2=O.O=C(N[C@@H](Cc1ccc(N2C(=O)CC3(CCCC3)CC2=O)cc1)C(=O)O)c1c(Cl)cccc1Cl. The largest absolute Gasteiger partial charge is 0.496 e. The molecular formula is C102H82Cl8N12O22. The Hall–Kier alpha value is -15.1. The fourth-order valence-electron chi connectivity index (χ4n) is 17.1. The molecule has 11 N–H and O–H groups in total. The summed E-state index contributed by atoms with van der Waals surface area (Å²) < 4.78 is 10.7. The molecule has 1 saturated heterocycles. The third-order valence-corrected chi connectivity index (χ3v) is 26.6. The average Bonchev–Trinajstić information content (AvgIpc) is 1.60. The highest BCUT2D eigenvalue weighted by atomic mass is 35.5. The fraction of sp³-hybridized carbons (Fsp3) is 0.186. The predicted octanol–water partition coefficient (Wildman–Crippen LogP) is 16.3. The Bertz CT molecular complexity index is 7010. The van der Waals surface area contributed by atoms with Crippen LogP contribution < -0.4 is 66.8 Å². The van der Waals surface area contributed by atoms with Gasteiger partial charge >= 0.3 is 23.9 Å². The Labute approximate surface area is 859 Å². The van der Waals surface area contributed by atoms with Crippen LogP contribution >= 0.6 is 92.8 Å². The maximum Gasteiger partial charge on any atom is 0.326 e. The number of aliphatic carboxylic acids is 4. The second-order valence-corrected chi connectivity index (χ2v) is 36.6. The van der Waals surface area contributed by atoms with E-state index in [0.29, 0.717) is 104 Å². The molecule has 11 aromatic rings. The zero-order chi connectivity index (χ0) is 104. The molecule has 738 valence electrons. The number of methoxy groups -OCH3 is 1. The average molecular weight is 2110 g/mol. The number of benzene rings is 11. The number of carboxylic acids is 4. The van der Waals surface area contributed by atoms with Crippen LogP contribution in [0.1, 0.15) is 182 Å². The number of fused-ring (bicyclic) bond motifs is 3. The van der Waals surface area contributed by atoms with E-state index < -0.39 is 107 Å². The van der Waals surface area contributed by atoms with Gasteiger partial charge in [0.05, 0.1) is 132 Å². The van der Waals surface area contributed by atoms with Crippen molar-refractivity contribution >= 4 is 216 Å². The quantitative estimate of drug-likeness (QED) is 0.0203. The number of anilines is 4. The monoisotopic (exact) mass is 2110 g/mol. The number of piperidine rings is 1. The van der Waals surface area contributed by atoms with E-state index in [1.807, 2.05) is 0 Å². The molecule has 6 aliphatic rings. The summed E-state index contributed by atoms with van der Waals surface area (Å²) in [5.41, 5.74) is 14.1. The zero-order valence-corrected chi connectivity index (χ0v) is 81.8. The standard InChI is InChI=1S/C26H20Cl2N6O5.C26H20Cl2N2O6.C25H18Cl2N2O6.C25H24Cl2N2O5/c1-12-3-2-4-16-20(12)25(37)34(24(16)36)15-7-5-13(6-8-15)9-19(26(38)39)29-23(35)21-17(27)10-14(11-18(21)28)22-30-32-33-31-22;1-2-36-20-8-3-5-16-21(20)25(33)30(24(16)32)15-11-9-14(10-12-15)13-19(26(34)35)29-23(31)22-17(27)6-4-7-18(22)28;1-35-19-7-2-4-15-20(19)24(32)29(23(15)31)14-10-8-13(9-11-14)12-18(25(33)34)28-22(30)21-16(26)5-3-6-17(21)27;26-17-4-3-5-18(27)22(17)23(32)28-19(24(33)34)12-15-6-8-16(9-7-15)29-20(30)13-25(14-21(29)31)10-1-2-11-25/h2-8,10-11,19,32-33H,9H2,1H3,(H,29,35)(H,30,31)(H,38,39);3-12,19H,2,13H2,1H3,(H,29,31)(H,34,35);2-11,18H,12H2,1H3,(H,28,30)(H,33,34);3-9,19H,1-2,10-14H2,(H,28,32)(H,33,34)/t2*19-;18-;19-/m0000/s1.